The zero-order chi connectivity index (χ0) is 15.2. The van der Waals surface area contributed by atoms with Crippen molar-refractivity contribution in [2.45, 2.75) is 13.0 Å². The SMILES string of the molecule is NCCc1ccc(O)c(OCc2ccccc2[N+](=O)[O-])c1. The van der Waals surface area contributed by atoms with Crippen molar-refractivity contribution in [3.05, 3.63) is 63.7 Å². The molecule has 0 bridgehead atoms. The first-order valence-electron chi connectivity index (χ1n) is 6.49. The Balaban J connectivity index is 2.16. The van der Waals surface area contributed by atoms with Gasteiger partial charge in [0.05, 0.1) is 10.5 Å². The van der Waals surface area contributed by atoms with Gasteiger partial charge in [0, 0.05) is 6.07 Å². The summed E-state index contributed by atoms with van der Waals surface area (Å²) >= 11 is 0. The quantitative estimate of drug-likeness (QED) is 0.628. The number of phenols is 1. The first kappa shape index (κ1) is 14.8. The average molecular weight is 288 g/mol. The Bertz CT molecular complexity index is 643. The Morgan fingerprint density at radius 1 is 1.24 bits per heavy atom. The van der Waals surface area contributed by atoms with Crippen molar-refractivity contribution in [2.75, 3.05) is 6.54 Å². The molecule has 0 heterocycles. The van der Waals surface area contributed by atoms with Crippen molar-refractivity contribution in [3.8, 4) is 11.5 Å². The molecule has 0 saturated heterocycles. The molecular formula is C15H16N2O4. The number of nitro groups is 1. The first-order valence-corrected chi connectivity index (χ1v) is 6.49. The van der Waals surface area contributed by atoms with Crippen LogP contribution >= 0.6 is 0 Å². The van der Waals surface area contributed by atoms with Gasteiger partial charge < -0.3 is 15.6 Å². The summed E-state index contributed by atoms with van der Waals surface area (Å²) in [7, 11) is 0. The summed E-state index contributed by atoms with van der Waals surface area (Å²) in [6.07, 6.45) is 0.669. The highest BCUT2D eigenvalue weighted by Gasteiger charge is 2.13. The predicted molar refractivity (Wildman–Crippen MR) is 78.3 cm³/mol. The predicted octanol–water partition coefficient (Wildman–Crippen LogP) is 2.38. The van der Waals surface area contributed by atoms with E-state index in [4.69, 9.17) is 10.5 Å². The normalized spacial score (nSPS) is 10.3. The second-order valence-corrected chi connectivity index (χ2v) is 4.52. The van der Waals surface area contributed by atoms with Crippen LogP contribution in [-0.4, -0.2) is 16.6 Å². The molecule has 0 fully saturated rings. The molecule has 0 atom stereocenters. The number of hydrogen-bond acceptors (Lipinski definition) is 5. The van der Waals surface area contributed by atoms with Crippen molar-refractivity contribution in [3.63, 3.8) is 0 Å². The van der Waals surface area contributed by atoms with Crippen molar-refractivity contribution in [1.82, 2.24) is 0 Å². The molecule has 2 rings (SSSR count). The molecular weight excluding hydrogens is 272 g/mol. The lowest BCUT2D eigenvalue weighted by molar-refractivity contribution is -0.385. The molecule has 0 aliphatic carbocycles. The molecule has 0 aliphatic heterocycles. The van der Waals surface area contributed by atoms with Crippen molar-refractivity contribution >= 4 is 5.69 Å². The molecule has 0 radical (unpaired) electrons. The number of nitrogens with two attached hydrogens (primary N) is 1. The number of para-hydroxylation sites is 1. The van der Waals surface area contributed by atoms with Gasteiger partial charge in [-0.3, -0.25) is 10.1 Å². The second-order valence-electron chi connectivity index (χ2n) is 4.52. The smallest absolute Gasteiger partial charge is 0.276 e. The summed E-state index contributed by atoms with van der Waals surface area (Å²) in [6.45, 7) is 0.505. The molecule has 0 spiro atoms. The molecule has 0 amide bonds. The lowest BCUT2D eigenvalue weighted by Crippen LogP contribution is -2.04. The van der Waals surface area contributed by atoms with Crippen LogP contribution in [0.3, 0.4) is 0 Å². The summed E-state index contributed by atoms with van der Waals surface area (Å²) in [4.78, 5) is 10.5. The van der Waals surface area contributed by atoms with Crippen LogP contribution in [0, 0.1) is 10.1 Å². The summed E-state index contributed by atoms with van der Waals surface area (Å²) in [5.41, 5.74) is 6.87. The van der Waals surface area contributed by atoms with Gasteiger partial charge in [-0.05, 0) is 36.7 Å². The number of rotatable bonds is 6. The Kier molecular flexibility index (Phi) is 4.73. The van der Waals surface area contributed by atoms with E-state index in [1.807, 2.05) is 0 Å². The summed E-state index contributed by atoms with van der Waals surface area (Å²) < 4.78 is 5.51. The number of phenolic OH excluding ortho intramolecular Hbond substituents is 1. The molecule has 21 heavy (non-hydrogen) atoms. The van der Waals surface area contributed by atoms with Crippen LogP contribution in [0.25, 0.3) is 0 Å². The minimum absolute atomic E-state index is 0.00453. The van der Waals surface area contributed by atoms with E-state index >= 15 is 0 Å². The van der Waals surface area contributed by atoms with Gasteiger partial charge in [-0.15, -0.1) is 0 Å². The molecule has 0 unspecified atom stereocenters. The third-order valence-electron chi connectivity index (χ3n) is 3.03. The lowest BCUT2D eigenvalue weighted by atomic mass is 10.1. The fourth-order valence-corrected chi connectivity index (χ4v) is 1.96. The zero-order valence-electron chi connectivity index (χ0n) is 11.4. The number of ether oxygens (including phenoxy) is 1. The van der Waals surface area contributed by atoms with Gasteiger partial charge in [0.15, 0.2) is 11.5 Å². The topological polar surface area (TPSA) is 98.6 Å². The number of nitrogens with zero attached hydrogens (tertiary/aromatic N) is 1. The van der Waals surface area contributed by atoms with E-state index in [1.54, 1.807) is 30.3 Å². The molecule has 6 nitrogen and oxygen atoms in total. The van der Waals surface area contributed by atoms with Crippen LogP contribution < -0.4 is 10.5 Å². The van der Waals surface area contributed by atoms with Crippen LogP contribution in [-0.2, 0) is 13.0 Å². The molecule has 0 aromatic heterocycles. The Morgan fingerprint density at radius 2 is 2.00 bits per heavy atom. The highest BCUT2D eigenvalue weighted by Crippen LogP contribution is 2.29. The molecule has 0 aliphatic rings. The highest BCUT2D eigenvalue weighted by atomic mass is 16.6. The van der Waals surface area contributed by atoms with E-state index in [1.165, 1.54) is 12.1 Å². The van der Waals surface area contributed by atoms with Gasteiger partial charge in [0.25, 0.3) is 5.69 Å². The molecule has 6 heteroatoms. The average Bonchev–Trinajstić information content (AvgIpc) is 2.48. The summed E-state index contributed by atoms with van der Waals surface area (Å²) in [6, 6.07) is 11.3. The largest absolute Gasteiger partial charge is 0.504 e. The number of aromatic hydroxyl groups is 1. The minimum Gasteiger partial charge on any atom is -0.504 e. The Labute approximate surface area is 121 Å². The molecule has 0 saturated carbocycles. The molecule has 2 aromatic rings. The van der Waals surface area contributed by atoms with Crippen LogP contribution in [0.4, 0.5) is 5.69 Å². The van der Waals surface area contributed by atoms with E-state index in [2.05, 4.69) is 0 Å². The van der Waals surface area contributed by atoms with Crippen LogP contribution in [0.1, 0.15) is 11.1 Å². The molecule has 3 N–H and O–H groups in total. The van der Waals surface area contributed by atoms with E-state index in [-0.39, 0.29) is 18.0 Å². The van der Waals surface area contributed by atoms with Gasteiger partial charge in [0.1, 0.15) is 6.61 Å². The second kappa shape index (κ2) is 6.71. The van der Waals surface area contributed by atoms with Crippen molar-refractivity contribution in [1.29, 1.82) is 0 Å². The van der Waals surface area contributed by atoms with Crippen LogP contribution in [0.5, 0.6) is 11.5 Å². The molecule has 110 valence electrons. The van der Waals surface area contributed by atoms with Crippen molar-refractivity contribution in [2.24, 2.45) is 5.73 Å². The fraction of sp³-hybridized carbons (Fsp3) is 0.200. The van der Waals surface area contributed by atoms with Gasteiger partial charge in [-0.25, -0.2) is 0 Å². The van der Waals surface area contributed by atoms with Gasteiger partial charge in [0.2, 0.25) is 0 Å². The summed E-state index contributed by atoms with van der Waals surface area (Å²) in [5.74, 6) is 0.286. The maximum absolute atomic E-state index is 10.9. The minimum atomic E-state index is -0.455. The third kappa shape index (κ3) is 3.70. The van der Waals surface area contributed by atoms with E-state index in [0.717, 1.165) is 5.56 Å². The maximum atomic E-state index is 10.9. The number of benzene rings is 2. The highest BCUT2D eigenvalue weighted by molar-refractivity contribution is 5.43. The van der Waals surface area contributed by atoms with Crippen LogP contribution in [0.15, 0.2) is 42.5 Å². The van der Waals surface area contributed by atoms with Gasteiger partial charge >= 0.3 is 0 Å². The van der Waals surface area contributed by atoms with Gasteiger partial charge in [-0.2, -0.15) is 0 Å². The fourth-order valence-electron chi connectivity index (χ4n) is 1.96. The monoisotopic (exact) mass is 288 g/mol. The first-order chi connectivity index (χ1) is 10.1. The lowest BCUT2D eigenvalue weighted by Gasteiger charge is -2.10. The van der Waals surface area contributed by atoms with Crippen LogP contribution in [0.2, 0.25) is 0 Å². The zero-order valence-corrected chi connectivity index (χ0v) is 11.4. The van der Waals surface area contributed by atoms with E-state index in [9.17, 15) is 15.2 Å². The Morgan fingerprint density at radius 3 is 2.71 bits per heavy atom. The number of nitro benzene ring substituents is 1. The Hall–Kier alpha value is -2.60. The molecule has 2 aromatic carbocycles. The standard InChI is InChI=1S/C15H16N2O4/c16-8-7-11-5-6-14(18)15(9-11)21-10-12-3-1-2-4-13(12)17(19)20/h1-6,9,18H,7-8,10,16H2. The van der Waals surface area contributed by atoms with Crippen molar-refractivity contribution < 1.29 is 14.8 Å². The number of hydrogen-bond donors (Lipinski definition) is 2. The van der Waals surface area contributed by atoms with Gasteiger partial charge in [-0.1, -0.05) is 18.2 Å². The maximum Gasteiger partial charge on any atom is 0.276 e. The third-order valence-corrected chi connectivity index (χ3v) is 3.03. The summed E-state index contributed by atoms with van der Waals surface area (Å²) in [5, 5.41) is 20.7. The van der Waals surface area contributed by atoms with E-state index in [0.29, 0.717) is 24.3 Å². The van der Waals surface area contributed by atoms with E-state index < -0.39 is 4.92 Å².